The van der Waals surface area contributed by atoms with Crippen LogP contribution < -0.4 is 15.4 Å². The highest BCUT2D eigenvalue weighted by Crippen LogP contribution is 2.15. The van der Waals surface area contributed by atoms with Gasteiger partial charge in [-0.15, -0.1) is 24.8 Å². The number of halogens is 2. The molecule has 1 aliphatic rings. The number of carbonyl (C=O) groups is 1. The molecule has 0 saturated carbocycles. The van der Waals surface area contributed by atoms with Crippen molar-refractivity contribution in [3.63, 3.8) is 0 Å². The topological polar surface area (TPSA) is 70.9 Å². The molecule has 1 amide bonds. The van der Waals surface area contributed by atoms with Gasteiger partial charge in [-0.1, -0.05) is 12.1 Å². The van der Waals surface area contributed by atoms with E-state index in [4.69, 9.17) is 4.74 Å². The van der Waals surface area contributed by atoms with Crippen molar-refractivity contribution >= 4 is 36.4 Å². The molecule has 7 nitrogen and oxygen atoms in total. The summed E-state index contributed by atoms with van der Waals surface area (Å²) in [6.07, 6.45) is 3.90. The molecule has 1 aromatic carbocycles. The van der Waals surface area contributed by atoms with Crippen molar-refractivity contribution in [1.29, 1.82) is 0 Å². The van der Waals surface area contributed by atoms with E-state index in [2.05, 4.69) is 20.5 Å². The second kappa shape index (κ2) is 11.8. The van der Waals surface area contributed by atoms with Crippen molar-refractivity contribution < 1.29 is 9.53 Å². The Kier molecular flexibility index (Phi) is 9.39. The summed E-state index contributed by atoms with van der Waals surface area (Å²) in [5, 5.41) is 6.32. The number of imidazole rings is 1. The molecule has 1 aliphatic heterocycles. The van der Waals surface area contributed by atoms with Crippen molar-refractivity contribution in [2.75, 3.05) is 39.3 Å². The van der Waals surface area contributed by atoms with E-state index < -0.39 is 0 Å². The Morgan fingerprint density at radius 2 is 1.97 bits per heavy atom. The first-order valence-electron chi connectivity index (χ1n) is 9.65. The summed E-state index contributed by atoms with van der Waals surface area (Å²) in [6, 6.07) is 13.1. The van der Waals surface area contributed by atoms with Crippen molar-refractivity contribution in [3.05, 3.63) is 66.1 Å². The number of carbonyl (C=O) groups excluding carboxylic acids is 1. The maximum Gasteiger partial charge on any atom is 0.251 e. The van der Waals surface area contributed by atoms with Gasteiger partial charge in [-0.25, -0.2) is 4.98 Å². The molecule has 2 aromatic heterocycles. The SMILES string of the molecule is Cl.Cl.O=C(NCCN1CCNCC1)c1cccc(OCc2cn3ccccc3n2)c1. The number of hydrogen-bond acceptors (Lipinski definition) is 5. The van der Waals surface area contributed by atoms with Gasteiger partial charge in [0.05, 0.1) is 5.69 Å². The Labute approximate surface area is 188 Å². The lowest BCUT2D eigenvalue weighted by Gasteiger charge is -2.27. The molecule has 0 radical (unpaired) electrons. The molecule has 1 fully saturated rings. The van der Waals surface area contributed by atoms with Crippen LogP contribution in [-0.2, 0) is 6.61 Å². The Hall–Kier alpha value is -2.32. The zero-order chi connectivity index (χ0) is 19.2. The van der Waals surface area contributed by atoms with E-state index in [1.807, 2.05) is 47.1 Å². The van der Waals surface area contributed by atoms with Gasteiger partial charge in [-0.05, 0) is 30.3 Å². The minimum absolute atomic E-state index is 0. The number of hydrogen-bond donors (Lipinski definition) is 2. The third-order valence-electron chi connectivity index (χ3n) is 4.82. The Morgan fingerprint density at radius 3 is 2.77 bits per heavy atom. The summed E-state index contributed by atoms with van der Waals surface area (Å²) in [4.78, 5) is 19.3. The van der Waals surface area contributed by atoms with Gasteiger partial charge in [-0.2, -0.15) is 0 Å². The first-order chi connectivity index (χ1) is 13.8. The molecule has 9 heteroatoms. The minimum Gasteiger partial charge on any atom is -0.487 e. The van der Waals surface area contributed by atoms with Crippen LogP contribution in [0.25, 0.3) is 5.65 Å². The smallest absolute Gasteiger partial charge is 0.251 e. The Morgan fingerprint density at radius 1 is 1.13 bits per heavy atom. The number of ether oxygens (including phenoxy) is 1. The molecule has 4 rings (SSSR count). The minimum atomic E-state index is -0.0756. The average molecular weight is 452 g/mol. The van der Waals surface area contributed by atoms with Gasteiger partial charge in [0.1, 0.15) is 18.0 Å². The van der Waals surface area contributed by atoms with Gasteiger partial charge in [-0.3, -0.25) is 9.69 Å². The largest absolute Gasteiger partial charge is 0.487 e. The maximum atomic E-state index is 12.4. The predicted octanol–water partition coefficient (Wildman–Crippen LogP) is 2.39. The summed E-state index contributed by atoms with van der Waals surface area (Å²) in [5.74, 6) is 0.583. The lowest BCUT2D eigenvalue weighted by Crippen LogP contribution is -2.46. The van der Waals surface area contributed by atoms with E-state index in [1.165, 1.54) is 0 Å². The van der Waals surface area contributed by atoms with Gasteiger partial charge in [0.25, 0.3) is 5.91 Å². The fourth-order valence-electron chi connectivity index (χ4n) is 3.31. The van der Waals surface area contributed by atoms with Crippen molar-refractivity contribution in [2.24, 2.45) is 0 Å². The number of nitrogens with one attached hydrogen (secondary N) is 2. The fraction of sp³-hybridized carbons (Fsp3) is 0.333. The van der Waals surface area contributed by atoms with Crippen LogP contribution in [0.2, 0.25) is 0 Å². The number of nitrogens with zero attached hydrogens (tertiary/aromatic N) is 3. The van der Waals surface area contributed by atoms with Crippen LogP contribution >= 0.6 is 24.8 Å². The van der Waals surface area contributed by atoms with Crippen LogP contribution in [0.5, 0.6) is 5.75 Å². The third kappa shape index (κ3) is 6.34. The summed E-state index contributed by atoms with van der Waals surface area (Å²) < 4.78 is 7.80. The van der Waals surface area contributed by atoms with E-state index in [-0.39, 0.29) is 30.7 Å². The van der Waals surface area contributed by atoms with E-state index >= 15 is 0 Å². The highest BCUT2D eigenvalue weighted by molar-refractivity contribution is 5.94. The Bertz CT molecular complexity index is 911. The van der Waals surface area contributed by atoms with E-state index in [0.717, 1.165) is 44.1 Å². The number of benzene rings is 1. The number of pyridine rings is 1. The summed E-state index contributed by atoms with van der Waals surface area (Å²) >= 11 is 0. The normalized spacial score (nSPS) is 13.9. The maximum absolute atomic E-state index is 12.4. The van der Waals surface area contributed by atoms with Crippen molar-refractivity contribution in [1.82, 2.24) is 24.9 Å². The molecule has 30 heavy (non-hydrogen) atoms. The summed E-state index contributed by atoms with van der Waals surface area (Å²) in [6.45, 7) is 5.96. The summed E-state index contributed by atoms with van der Waals surface area (Å²) in [7, 11) is 0. The molecule has 0 unspecified atom stereocenters. The molecule has 0 atom stereocenters. The number of fused-ring (bicyclic) bond motifs is 1. The van der Waals surface area contributed by atoms with E-state index in [0.29, 0.717) is 24.5 Å². The molecule has 1 saturated heterocycles. The molecule has 0 bridgehead atoms. The van der Waals surface area contributed by atoms with Crippen molar-refractivity contribution in [2.45, 2.75) is 6.61 Å². The Balaban J connectivity index is 0.00000160. The number of piperazine rings is 1. The number of aromatic nitrogens is 2. The predicted molar refractivity (Wildman–Crippen MR) is 122 cm³/mol. The van der Waals surface area contributed by atoms with Gasteiger partial charge in [0.2, 0.25) is 0 Å². The first kappa shape index (κ1) is 24.0. The third-order valence-corrected chi connectivity index (χ3v) is 4.82. The standard InChI is InChI=1S/C21H25N5O2.2ClH/c27-21(23-9-13-25-11-7-22-8-12-25)17-4-3-5-19(14-17)28-16-18-15-26-10-2-1-6-20(26)24-18;;/h1-6,10,14-15,22H,7-9,11-13,16H2,(H,23,27);2*1H. The quantitative estimate of drug-likeness (QED) is 0.576. The molecule has 2 N–H and O–H groups in total. The van der Waals surface area contributed by atoms with Gasteiger partial charge < -0.3 is 19.8 Å². The molecule has 3 heterocycles. The molecule has 162 valence electrons. The molecule has 0 spiro atoms. The fourth-order valence-corrected chi connectivity index (χ4v) is 3.31. The van der Waals surface area contributed by atoms with Crippen LogP contribution in [0.4, 0.5) is 0 Å². The van der Waals surface area contributed by atoms with Crippen LogP contribution in [0.15, 0.2) is 54.9 Å². The second-order valence-corrected chi connectivity index (χ2v) is 6.86. The highest BCUT2D eigenvalue weighted by Gasteiger charge is 2.11. The zero-order valence-corrected chi connectivity index (χ0v) is 18.3. The zero-order valence-electron chi connectivity index (χ0n) is 16.6. The number of amides is 1. The molecular weight excluding hydrogens is 425 g/mol. The van der Waals surface area contributed by atoms with Gasteiger partial charge in [0.15, 0.2) is 0 Å². The van der Waals surface area contributed by atoms with Crippen molar-refractivity contribution in [3.8, 4) is 5.75 Å². The van der Waals surface area contributed by atoms with Crippen LogP contribution in [0.3, 0.4) is 0 Å². The molecular formula is C21H27Cl2N5O2. The lowest BCUT2D eigenvalue weighted by molar-refractivity contribution is 0.0946. The second-order valence-electron chi connectivity index (χ2n) is 6.86. The highest BCUT2D eigenvalue weighted by atomic mass is 35.5. The summed E-state index contributed by atoms with van der Waals surface area (Å²) in [5.41, 5.74) is 2.34. The van der Waals surface area contributed by atoms with Gasteiger partial charge >= 0.3 is 0 Å². The lowest BCUT2D eigenvalue weighted by atomic mass is 10.2. The van der Waals surface area contributed by atoms with Gasteiger partial charge in [0, 0.05) is 57.2 Å². The first-order valence-corrected chi connectivity index (χ1v) is 9.65. The number of rotatable bonds is 7. The van der Waals surface area contributed by atoms with Crippen LogP contribution in [0.1, 0.15) is 16.1 Å². The van der Waals surface area contributed by atoms with E-state index in [9.17, 15) is 4.79 Å². The average Bonchev–Trinajstić information content (AvgIpc) is 3.16. The van der Waals surface area contributed by atoms with E-state index in [1.54, 1.807) is 12.1 Å². The molecule has 3 aromatic rings. The molecule has 0 aliphatic carbocycles. The van der Waals surface area contributed by atoms with Crippen LogP contribution in [0, 0.1) is 0 Å². The monoisotopic (exact) mass is 451 g/mol. The van der Waals surface area contributed by atoms with Crippen LogP contribution in [-0.4, -0.2) is 59.5 Å².